The first-order valence-electron chi connectivity index (χ1n) is 7.57. The Kier molecular flexibility index (Phi) is 5.13. The molecule has 1 heterocycles. The second kappa shape index (κ2) is 7.19. The van der Waals surface area contributed by atoms with Crippen LogP contribution in [0.1, 0.15) is 16.7 Å². The maximum atomic E-state index is 12.8. The molecule has 0 radical (unpaired) electrons. The minimum absolute atomic E-state index is 0.0923. The summed E-state index contributed by atoms with van der Waals surface area (Å²) in [5.74, 6) is -0.272. The van der Waals surface area contributed by atoms with Crippen LogP contribution < -0.4 is 4.90 Å². The highest BCUT2D eigenvalue weighted by atomic mass is 35.5. The number of nitro benzene ring substituents is 1. The molecular weight excluding hydrogens is 392 g/mol. The summed E-state index contributed by atoms with van der Waals surface area (Å²) in [4.78, 5) is 25.1. The molecule has 0 atom stereocenters. The van der Waals surface area contributed by atoms with E-state index in [0.717, 1.165) is 22.9 Å². The molecule has 0 aliphatic carbocycles. The van der Waals surface area contributed by atoms with Crippen molar-refractivity contribution in [2.24, 2.45) is 0 Å². The number of aryl methyl sites for hydroxylation is 2. The lowest BCUT2D eigenvalue weighted by Gasteiger charge is -2.15. The first kappa shape index (κ1) is 18.6. The van der Waals surface area contributed by atoms with Crippen molar-refractivity contribution in [1.29, 1.82) is 0 Å². The minimum Gasteiger partial charge on any atom is -0.268 e. The number of rotatable bonds is 3. The quantitative estimate of drug-likeness (QED) is 0.302. The van der Waals surface area contributed by atoms with Gasteiger partial charge in [0.1, 0.15) is 0 Å². The zero-order valence-electron chi connectivity index (χ0n) is 13.9. The standard InChI is InChI=1S/C18H13ClN2O3S2/c1-10-3-4-13(7-11(10)2)20-17(22)16(26-18(20)25)9-12-8-14(21(23)24)5-6-15(12)19/h3-9H,1-2H3. The van der Waals surface area contributed by atoms with Gasteiger partial charge in [-0.25, -0.2) is 0 Å². The van der Waals surface area contributed by atoms with E-state index >= 15 is 0 Å². The fourth-order valence-electron chi connectivity index (χ4n) is 2.45. The number of anilines is 1. The third-order valence-electron chi connectivity index (χ3n) is 4.02. The molecule has 0 N–H and O–H groups in total. The first-order valence-corrected chi connectivity index (χ1v) is 9.17. The van der Waals surface area contributed by atoms with E-state index < -0.39 is 4.92 Å². The molecule has 0 aromatic heterocycles. The van der Waals surface area contributed by atoms with Crippen molar-refractivity contribution in [3.63, 3.8) is 0 Å². The zero-order valence-corrected chi connectivity index (χ0v) is 16.2. The maximum Gasteiger partial charge on any atom is 0.270 e. The van der Waals surface area contributed by atoms with Crippen LogP contribution in [0.2, 0.25) is 5.02 Å². The van der Waals surface area contributed by atoms with Crippen LogP contribution in [0.25, 0.3) is 6.08 Å². The third-order valence-corrected chi connectivity index (χ3v) is 5.67. The third kappa shape index (κ3) is 3.51. The molecule has 26 heavy (non-hydrogen) atoms. The van der Waals surface area contributed by atoms with Gasteiger partial charge in [0.05, 0.1) is 15.5 Å². The van der Waals surface area contributed by atoms with E-state index in [1.807, 2.05) is 32.0 Å². The average Bonchev–Trinajstić information content (AvgIpc) is 2.86. The molecule has 5 nitrogen and oxygen atoms in total. The monoisotopic (exact) mass is 404 g/mol. The van der Waals surface area contributed by atoms with Crippen LogP contribution in [0.4, 0.5) is 11.4 Å². The molecular formula is C18H13ClN2O3S2. The number of halogens is 1. The number of hydrogen-bond donors (Lipinski definition) is 0. The largest absolute Gasteiger partial charge is 0.270 e. The van der Waals surface area contributed by atoms with Gasteiger partial charge in [0, 0.05) is 22.7 Å². The number of benzene rings is 2. The molecule has 0 bridgehead atoms. The van der Waals surface area contributed by atoms with Crippen LogP contribution in [0.3, 0.4) is 0 Å². The van der Waals surface area contributed by atoms with Crippen LogP contribution in [0.5, 0.6) is 0 Å². The van der Waals surface area contributed by atoms with E-state index in [-0.39, 0.29) is 11.6 Å². The molecule has 1 aliphatic heterocycles. The average molecular weight is 405 g/mol. The molecule has 1 amide bonds. The maximum absolute atomic E-state index is 12.8. The molecule has 2 aromatic carbocycles. The smallest absolute Gasteiger partial charge is 0.268 e. The van der Waals surface area contributed by atoms with Crippen LogP contribution in [-0.2, 0) is 4.79 Å². The number of carbonyl (C=O) groups is 1. The predicted octanol–water partition coefficient (Wildman–Crippen LogP) is 5.27. The van der Waals surface area contributed by atoms with Crippen LogP contribution in [0, 0.1) is 24.0 Å². The molecule has 0 unspecified atom stereocenters. The normalized spacial score (nSPS) is 15.8. The van der Waals surface area contributed by atoms with Crippen molar-refractivity contribution < 1.29 is 9.72 Å². The minimum atomic E-state index is -0.506. The second-order valence-electron chi connectivity index (χ2n) is 5.75. The van der Waals surface area contributed by atoms with Crippen LogP contribution in [-0.4, -0.2) is 15.2 Å². The summed E-state index contributed by atoms with van der Waals surface area (Å²) < 4.78 is 0.408. The Morgan fingerprint density at radius 1 is 1.19 bits per heavy atom. The SMILES string of the molecule is Cc1ccc(N2C(=O)C(=Cc3cc([N+](=O)[O-])ccc3Cl)SC2=S)cc1C. The van der Waals surface area contributed by atoms with Gasteiger partial charge in [-0.05, 0) is 49.2 Å². The van der Waals surface area contributed by atoms with Crippen molar-refractivity contribution in [2.75, 3.05) is 4.90 Å². The Morgan fingerprint density at radius 2 is 1.92 bits per heavy atom. The highest BCUT2D eigenvalue weighted by Gasteiger charge is 2.33. The fraction of sp³-hybridized carbons (Fsp3) is 0.111. The Labute approximate surface area is 164 Å². The van der Waals surface area contributed by atoms with Gasteiger partial charge in [0.25, 0.3) is 11.6 Å². The number of nitrogens with zero attached hydrogens (tertiary/aromatic N) is 2. The lowest BCUT2D eigenvalue weighted by Crippen LogP contribution is -2.27. The van der Waals surface area contributed by atoms with Gasteiger partial charge < -0.3 is 0 Å². The van der Waals surface area contributed by atoms with Gasteiger partial charge >= 0.3 is 0 Å². The number of nitro groups is 1. The summed E-state index contributed by atoms with van der Waals surface area (Å²) in [5.41, 5.74) is 3.19. The Morgan fingerprint density at radius 3 is 2.58 bits per heavy atom. The van der Waals surface area contributed by atoms with E-state index in [4.69, 9.17) is 23.8 Å². The highest BCUT2D eigenvalue weighted by Crippen LogP contribution is 2.37. The number of amides is 1. The topological polar surface area (TPSA) is 63.5 Å². The number of hydrogen-bond acceptors (Lipinski definition) is 5. The Bertz CT molecular complexity index is 988. The first-order chi connectivity index (χ1) is 12.3. The van der Waals surface area contributed by atoms with Crippen LogP contribution >= 0.6 is 35.6 Å². The van der Waals surface area contributed by atoms with E-state index in [1.54, 1.807) is 0 Å². The number of thioether (sulfide) groups is 1. The molecule has 0 spiro atoms. The molecule has 1 saturated heterocycles. The van der Waals surface area contributed by atoms with Crippen molar-refractivity contribution in [3.05, 3.63) is 73.1 Å². The van der Waals surface area contributed by atoms with Gasteiger partial charge in [0.15, 0.2) is 4.32 Å². The van der Waals surface area contributed by atoms with Crippen molar-refractivity contribution >= 4 is 63.3 Å². The Hall–Kier alpha value is -2.22. The summed E-state index contributed by atoms with van der Waals surface area (Å²) in [6.07, 6.45) is 1.54. The van der Waals surface area contributed by atoms with Gasteiger partial charge in [-0.3, -0.25) is 19.8 Å². The molecule has 2 aromatic rings. The molecule has 3 rings (SSSR count). The number of carbonyl (C=O) groups excluding carboxylic acids is 1. The number of thiocarbonyl (C=S) groups is 1. The van der Waals surface area contributed by atoms with Gasteiger partial charge in [0.2, 0.25) is 0 Å². The molecule has 132 valence electrons. The molecule has 8 heteroatoms. The van der Waals surface area contributed by atoms with E-state index in [9.17, 15) is 14.9 Å². The van der Waals surface area contributed by atoms with E-state index in [2.05, 4.69) is 0 Å². The van der Waals surface area contributed by atoms with Gasteiger partial charge in [-0.15, -0.1) is 0 Å². The second-order valence-corrected chi connectivity index (χ2v) is 7.83. The van der Waals surface area contributed by atoms with Crippen molar-refractivity contribution in [3.8, 4) is 0 Å². The van der Waals surface area contributed by atoms with Gasteiger partial charge in [-0.1, -0.05) is 41.6 Å². The summed E-state index contributed by atoms with van der Waals surface area (Å²) in [5, 5.41) is 11.3. The number of non-ortho nitro benzene ring substituents is 1. The molecule has 1 aliphatic rings. The van der Waals surface area contributed by atoms with Gasteiger partial charge in [-0.2, -0.15) is 0 Å². The fourth-order valence-corrected chi connectivity index (χ4v) is 3.91. The Balaban J connectivity index is 1.98. The predicted molar refractivity (Wildman–Crippen MR) is 110 cm³/mol. The van der Waals surface area contributed by atoms with E-state index in [1.165, 1.54) is 29.2 Å². The lowest BCUT2D eigenvalue weighted by atomic mass is 10.1. The summed E-state index contributed by atoms with van der Waals surface area (Å²) >= 11 is 12.6. The molecule has 1 fully saturated rings. The summed E-state index contributed by atoms with van der Waals surface area (Å²) in [6, 6.07) is 9.78. The van der Waals surface area contributed by atoms with Crippen molar-refractivity contribution in [1.82, 2.24) is 0 Å². The summed E-state index contributed by atoms with van der Waals surface area (Å²) in [7, 11) is 0. The van der Waals surface area contributed by atoms with Crippen LogP contribution in [0.15, 0.2) is 41.3 Å². The lowest BCUT2D eigenvalue weighted by molar-refractivity contribution is -0.384. The van der Waals surface area contributed by atoms with E-state index in [0.29, 0.717) is 25.5 Å². The van der Waals surface area contributed by atoms with Crippen molar-refractivity contribution in [2.45, 2.75) is 13.8 Å². The zero-order chi connectivity index (χ0) is 19.0. The molecule has 0 saturated carbocycles. The highest BCUT2D eigenvalue weighted by molar-refractivity contribution is 8.27. The summed E-state index contributed by atoms with van der Waals surface area (Å²) in [6.45, 7) is 3.96.